The van der Waals surface area contributed by atoms with E-state index in [9.17, 15) is 13.2 Å². The van der Waals surface area contributed by atoms with Crippen LogP contribution in [0.3, 0.4) is 0 Å². The van der Waals surface area contributed by atoms with Gasteiger partial charge in [-0.15, -0.1) is 0 Å². The van der Waals surface area contributed by atoms with E-state index in [1.165, 1.54) is 4.31 Å². The minimum Gasteiger partial charge on any atom is -0.366 e. The molecule has 3 aromatic rings. The molecule has 0 saturated carbocycles. The highest BCUT2D eigenvalue weighted by molar-refractivity contribution is 9.10. The van der Waals surface area contributed by atoms with E-state index in [1.54, 1.807) is 54.6 Å². The van der Waals surface area contributed by atoms with Crippen LogP contribution >= 0.6 is 27.5 Å². The summed E-state index contributed by atoms with van der Waals surface area (Å²) in [6.45, 7) is 3.47. The number of halogens is 2. The molecule has 33 heavy (non-hydrogen) atoms. The molecule has 1 aliphatic rings. The highest BCUT2D eigenvalue weighted by atomic mass is 79.9. The van der Waals surface area contributed by atoms with Gasteiger partial charge in [-0.2, -0.15) is 4.31 Å². The normalized spacial score (nSPS) is 14.8. The Kier molecular flexibility index (Phi) is 7.09. The summed E-state index contributed by atoms with van der Waals surface area (Å²) in [5.41, 5.74) is 2.82. The van der Waals surface area contributed by atoms with E-state index in [4.69, 9.17) is 11.6 Å². The molecule has 0 spiro atoms. The zero-order chi connectivity index (χ0) is 23.6. The number of nitrogens with zero attached hydrogens (tertiary/aromatic N) is 2. The molecule has 1 saturated heterocycles. The quantitative estimate of drug-likeness (QED) is 0.477. The average Bonchev–Trinajstić information content (AvgIpc) is 2.80. The number of aryl methyl sites for hydroxylation is 1. The molecule has 0 radical (unpaired) electrons. The van der Waals surface area contributed by atoms with Crippen LogP contribution in [0.2, 0.25) is 5.02 Å². The number of carbonyl (C=O) groups is 1. The molecule has 3 aromatic carbocycles. The number of anilines is 2. The second-order valence-electron chi connectivity index (χ2n) is 7.80. The molecule has 0 aromatic heterocycles. The predicted molar refractivity (Wildman–Crippen MR) is 136 cm³/mol. The Hall–Kier alpha value is -2.39. The van der Waals surface area contributed by atoms with Crippen LogP contribution in [-0.2, 0) is 10.0 Å². The number of carbonyl (C=O) groups excluding carboxylic acids is 1. The van der Waals surface area contributed by atoms with E-state index in [0.717, 1.165) is 10.0 Å². The maximum atomic E-state index is 13.0. The van der Waals surface area contributed by atoms with Crippen molar-refractivity contribution < 1.29 is 13.2 Å². The van der Waals surface area contributed by atoms with Crippen LogP contribution in [0.4, 0.5) is 11.4 Å². The van der Waals surface area contributed by atoms with Crippen LogP contribution in [0.1, 0.15) is 15.9 Å². The van der Waals surface area contributed by atoms with Gasteiger partial charge in [0.25, 0.3) is 5.91 Å². The molecule has 0 bridgehead atoms. The molecule has 1 fully saturated rings. The first kappa shape index (κ1) is 23.8. The van der Waals surface area contributed by atoms with Crippen molar-refractivity contribution in [2.24, 2.45) is 0 Å². The van der Waals surface area contributed by atoms with E-state index >= 15 is 0 Å². The molecule has 6 nitrogen and oxygen atoms in total. The Bertz CT molecular complexity index is 1260. The van der Waals surface area contributed by atoms with E-state index in [1.807, 2.05) is 24.0 Å². The van der Waals surface area contributed by atoms with Gasteiger partial charge in [-0.05, 0) is 55.5 Å². The number of hydrogen-bond acceptors (Lipinski definition) is 4. The number of piperazine rings is 1. The van der Waals surface area contributed by atoms with Crippen molar-refractivity contribution in [1.29, 1.82) is 0 Å². The van der Waals surface area contributed by atoms with Crippen molar-refractivity contribution in [3.63, 3.8) is 0 Å². The highest BCUT2D eigenvalue weighted by Crippen LogP contribution is 2.35. The Morgan fingerprint density at radius 2 is 1.58 bits per heavy atom. The summed E-state index contributed by atoms with van der Waals surface area (Å²) in [7, 11) is -3.56. The van der Waals surface area contributed by atoms with Crippen LogP contribution in [0, 0.1) is 6.92 Å². The lowest BCUT2D eigenvalue weighted by Crippen LogP contribution is -2.49. The average molecular weight is 549 g/mol. The fourth-order valence-corrected chi connectivity index (χ4v) is 5.73. The summed E-state index contributed by atoms with van der Waals surface area (Å²) in [5.74, 6) is -0.244. The first-order chi connectivity index (χ1) is 15.8. The van der Waals surface area contributed by atoms with E-state index < -0.39 is 10.0 Å². The number of hydrogen-bond donors (Lipinski definition) is 1. The molecular formula is C24H23BrClN3O3S. The Labute approximate surface area is 207 Å². The Balaban J connectivity index is 1.51. The second kappa shape index (κ2) is 9.85. The zero-order valence-corrected chi connectivity index (χ0v) is 21.1. The molecule has 1 amide bonds. The summed E-state index contributed by atoms with van der Waals surface area (Å²) in [6.07, 6.45) is 0. The maximum absolute atomic E-state index is 13.0. The molecular weight excluding hydrogens is 526 g/mol. The fraction of sp³-hybridized carbons (Fsp3) is 0.208. The predicted octanol–water partition coefficient (Wildman–Crippen LogP) is 5.17. The van der Waals surface area contributed by atoms with Gasteiger partial charge in [-0.3, -0.25) is 4.79 Å². The number of rotatable bonds is 5. The van der Waals surface area contributed by atoms with Crippen molar-refractivity contribution >= 4 is 54.8 Å². The topological polar surface area (TPSA) is 69.7 Å². The number of benzene rings is 3. The second-order valence-corrected chi connectivity index (χ2v) is 11.1. The summed E-state index contributed by atoms with van der Waals surface area (Å²) < 4.78 is 28.4. The molecule has 9 heteroatoms. The van der Waals surface area contributed by atoms with Crippen molar-refractivity contribution in [3.8, 4) is 0 Å². The molecule has 1 aliphatic heterocycles. The highest BCUT2D eigenvalue weighted by Gasteiger charge is 2.30. The summed E-state index contributed by atoms with van der Waals surface area (Å²) >= 11 is 9.89. The van der Waals surface area contributed by atoms with Crippen molar-refractivity contribution in [3.05, 3.63) is 87.4 Å². The monoisotopic (exact) mass is 547 g/mol. The molecule has 0 atom stereocenters. The lowest BCUT2D eigenvalue weighted by atomic mass is 10.2. The van der Waals surface area contributed by atoms with Crippen molar-refractivity contribution in [2.45, 2.75) is 11.8 Å². The third-order valence-corrected chi connectivity index (χ3v) is 8.30. The van der Waals surface area contributed by atoms with Crippen LogP contribution < -0.4 is 10.2 Å². The SMILES string of the molecule is Cc1ccc(S(=O)(=O)N2CCN(c3c(Cl)cccc3NC(=O)c3ccc(Br)cc3)CC2)cc1. The number of sulfonamides is 1. The lowest BCUT2D eigenvalue weighted by Gasteiger charge is -2.36. The van der Waals surface area contributed by atoms with E-state index in [-0.39, 0.29) is 5.91 Å². The first-order valence-electron chi connectivity index (χ1n) is 10.4. The van der Waals surface area contributed by atoms with E-state index in [2.05, 4.69) is 21.2 Å². The molecule has 172 valence electrons. The van der Waals surface area contributed by atoms with Gasteiger partial charge in [0.05, 0.1) is 21.3 Å². The van der Waals surface area contributed by atoms with Gasteiger partial charge in [0, 0.05) is 36.2 Å². The van der Waals surface area contributed by atoms with Crippen LogP contribution in [0.5, 0.6) is 0 Å². The minimum atomic E-state index is -3.56. The lowest BCUT2D eigenvalue weighted by molar-refractivity contribution is 0.102. The molecule has 0 unspecified atom stereocenters. The zero-order valence-electron chi connectivity index (χ0n) is 18.0. The molecule has 1 N–H and O–H groups in total. The minimum absolute atomic E-state index is 0.244. The largest absolute Gasteiger partial charge is 0.366 e. The summed E-state index contributed by atoms with van der Waals surface area (Å²) in [5, 5.41) is 3.44. The van der Waals surface area contributed by atoms with Gasteiger partial charge in [-0.1, -0.05) is 51.3 Å². The third-order valence-electron chi connectivity index (χ3n) is 5.56. The van der Waals surface area contributed by atoms with Crippen LogP contribution in [0.15, 0.2) is 76.1 Å². The van der Waals surface area contributed by atoms with Crippen LogP contribution in [-0.4, -0.2) is 44.8 Å². The number of nitrogens with one attached hydrogen (secondary N) is 1. The third kappa shape index (κ3) is 5.24. The summed E-state index contributed by atoms with van der Waals surface area (Å²) in [4.78, 5) is 15.1. The first-order valence-corrected chi connectivity index (χ1v) is 13.0. The van der Waals surface area contributed by atoms with Crippen molar-refractivity contribution in [1.82, 2.24) is 4.31 Å². The molecule has 1 heterocycles. The summed E-state index contributed by atoms with van der Waals surface area (Å²) in [6, 6.07) is 19.3. The Morgan fingerprint density at radius 3 is 2.21 bits per heavy atom. The van der Waals surface area contributed by atoms with Gasteiger partial charge < -0.3 is 10.2 Å². The smallest absolute Gasteiger partial charge is 0.255 e. The maximum Gasteiger partial charge on any atom is 0.255 e. The van der Waals surface area contributed by atoms with Crippen LogP contribution in [0.25, 0.3) is 0 Å². The van der Waals surface area contributed by atoms with Gasteiger partial charge >= 0.3 is 0 Å². The van der Waals surface area contributed by atoms with Gasteiger partial charge in [0.15, 0.2) is 0 Å². The Morgan fingerprint density at radius 1 is 0.939 bits per heavy atom. The van der Waals surface area contributed by atoms with Gasteiger partial charge in [0.2, 0.25) is 10.0 Å². The van der Waals surface area contributed by atoms with Gasteiger partial charge in [-0.25, -0.2) is 8.42 Å². The number of amides is 1. The molecule has 4 rings (SSSR count). The number of para-hydroxylation sites is 1. The van der Waals surface area contributed by atoms with Crippen molar-refractivity contribution in [2.75, 3.05) is 36.4 Å². The molecule has 0 aliphatic carbocycles. The fourth-order valence-electron chi connectivity index (χ4n) is 3.74. The van der Waals surface area contributed by atoms with Gasteiger partial charge in [0.1, 0.15) is 0 Å². The standard InChI is InChI=1S/C24H23BrClN3O3S/c1-17-5-11-20(12-6-17)33(31,32)29-15-13-28(14-16-29)23-21(26)3-2-4-22(23)27-24(30)18-7-9-19(25)10-8-18/h2-12H,13-16H2,1H3,(H,27,30). The van der Waals surface area contributed by atoms with E-state index in [0.29, 0.717) is 53.0 Å².